The zero-order valence-corrected chi connectivity index (χ0v) is 13.0. The monoisotopic (exact) mass is 257 g/mol. The molecular formula is C18H27N. The van der Waals surface area contributed by atoms with E-state index >= 15 is 0 Å². The van der Waals surface area contributed by atoms with Crippen molar-refractivity contribution in [3.05, 3.63) is 29.8 Å². The average molecular weight is 257 g/mol. The van der Waals surface area contributed by atoms with E-state index in [-0.39, 0.29) is 0 Å². The fraction of sp³-hybridized carbons (Fsp3) is 0.667. The van der Waals surface area contributed by atoms with Crippen LogP contribution in [-0.2, 0) is 0 Å². The minimum absolute atomic E-state index is 0.350. The van der Waals surface area contributed by atoms with E-state index in [1.54, 1.807) is 0 Å². The Hall–Kier alpha value is -0.980. The number of hydrogen-bond donors (Lipinski definition) is 0. The molecule has 1 nitrogen and oxygen atoms in total. The maximum absolute atomic E-state index is 2.74. The number of para-hydroxylation sites is 1. The number of anilines is 1. The number of rotatable bonds is 1. The van der Waals surface area contributed by atoms with Gasteiger partial charge in [-0.15, -0.1) is 0 Å². The molecule has 3 unspecified atom stereocenters. The van der Waals surface area contributed by atoms with Gasteiger partial charge in [-0.25, -0.2) is 0 Å². The molecule has 0 aromatic heterocycles. The molecule has 3 aliphatic rings. The number of fused-ring (bicyclic) bond motifs is 3. The van der Waals surface area contributed by atoms with Gasteiger partial charge in [0.2, 0.25) is 0 Å². The molecule has 0 N–H and O–H groups in total. The SMILES string of the molecule is Cc1ccccc1N1[C@@H](C)C2(C)CCC1(C)CC2C. The highest BCUT2D eigenvalue weighted by atomic mass is 15.3. The van der Waals surface area contributed by atoms with Gasteiger partial charge in [-0.1, -0.05) is 32.0 Å². The third kappa shape index (κ3) is 1.67. The fourth-order valence-corrected chi connectivity index (χ4v) is 4.71. The molecule has 104 valence electrons. The molecule has 0 radical (unpaired) electrons. The van der Waals surface area contributed by atoms with E-state index < -0.39 is 0 Å². The van der Waals surface area contributed by atoms with E-state index in [1.807, 2.05) is 0 Å². The highest BCUT2D eigenvalue weighted by Crippen LogP contribution is 2.57. The van der Waals surface area contributed by atoms with Crippen LogP contribution >= 0.6 is 0 Å². The normalized spacial score (nSPS) is 41.6. The molecule has 0 amide bonds. The molecule has 1 aliphatic carbocycles. The molecule has 1 aromatic rings. The van der Waals surface area contributed by atoms with Crippen molar-refractivity contribution >= 4 is 5.69 Å². The summed E-state index contributed by atoms with van der Waals surface area (Å²) in [5, 5.41) is 0. The van der Waals surface area contributed by atoms with Gasteiger partial charge < -0.3 is 4.90 Å². The standard InChI is InChI=1S/C18H27N/c1-13-8-6-7-9-16(13)19-15(3)18(5)11-10-17(19,4)12-14(18)2/h6-9,14-15H,10-12H2,1-5H3/t14?,15-,17?,18?/m0/s1. The van der Waals surface area contributed by atoms with Crippen molar-refractivity contribution in [2.75, 3.05) is 4.90 Å². The van der Waals surface area contributed by atoms with E-state index in [9.17, 15) is 0 Å². The highest BCUT2D eigenvalue weighted by molar-refractivity contribution is 5.57. The summed E-state index contributed by atoms with van der Waals surface area (Å²) in [5.74, 6) is 0.835. The Kier molecular flexibility index (Phi) is 2.75. The second kappa shape index (κ2) is 4.01. The van der Waals surface area contributed by atoms with Crippen LogP contribution in [0.25, 0.3) is 0 Å². The fourth-order valence-electron chi connectivity index (χ4n) is 4.71. The smallest absolute Gasteiger partial charge is 0.0403 e. The molecule has 2 saturated heterocycles. The number of aryl methyl sites for hydroxylation is 1. The summed E-state index contributed by atoms with van der Waals surface area (Å²) < 4.78 is 0. The van der Waals surface area contributed by atoms with Gasteiger partial charge in [-0.2, -0.15) is 0 Å². The molecule has 1 saturated carbocycles. The van der Waals surface area contributed by atoms with E-state index in [2.05, 4.69) is 63.8 Å². The van der Waals surface area contributed by atoms with Crippen LogP contribution in [0.2, 0.25) is 0 Å². The minimum Gasteiger partial charge on any atom is -0.363 e. The van der Waals surface area contributed by atoms with Gasteiger partial charge in [0.05, 0.1) is 0 Å². The molecule has 4 rings (SSSR count). The molecule has 1 aromatic carbocycles. The molecule has 19 heavy (non-hydrogen) atoms. The molecular weight excluding hydrogens is 230 g/mol. The first kappa shape index (κ1) is 13.0. The quantitative estimate of drug-likeness (QED) is 0.699. The summed E-state index contributed by atoms with van der Waals surface area (Å²) in [4.78, 5) is 2.74. The minimum atomic E-state index is 0.350. The largest absolute Gasteiger partial charge is 0.363 e. The lowest BCUT2D eigenvalue weighted by Crippen LogP contribution is -2.68. The maximum Gasteiger partial charge on any atom is 0.0403 e. The molecule has 3 fully saturated rings. The lowest BCUT2D eigenvalue weighted by Gasteiger charge is -2.65. The zero-order chi connectivity index (χ0) is 13.8. The van der Waals surface area contributed by atoms with Gasteiger partial charge in [0.15, 0.2) is 0 Å². The van der Waals surface area contributed by atoms with E-state index in [0.29, 0.717) is 17.0 Å². The summed E-state index contributed by atoms with van der Waals surface area (Å²) in [6, 6.07) is 9.53. The summed E-state index contributed by atoms with van der Waals surface area (Å²) in [7, 11) is 0. The van der Waals surface area contributed by atoms with Crippen LogP contribution in [0.4, 0.5) is 5.69 Å². The molecule has 0 spiro atoms. The first-order valence-corrected chi connectivity index (χ1v) is 7.73. The van der Waals surface area contributed by atoms with Gasteiger partial charge in [-0.3, -0.25) is 0 Å². The summed E-state index contributed by atoms with van der Waals surface area (Å²) in [6.45, 7) is 12.1. The second-order valence-corrected chi connectivity index (χ2v) is 7.44. The van der Waals surface area contributed by atoms with Crippen molar-refractivity contribution in [3.8, 4) is 0 Å². The Bertz CT molecular complexity index is 494. The van der Waals surface area contributed by atoms with Crippen molar-refractivity contribution in [3.63, 3.8) is 0 Å². The van der Waals surface area contributed by atoms with Gasteiger partial charge >= 0.3 is 0 Å². The van der Waals surface area contributed by atoms with Gasteiger partial charge in [-0.05, 0) is 63.0 Å². The third-order valence-electron chi connectivity index (χ3n) is 6.37. The van der Waals surface area contributed by atoms with Crippen LogP contribution in [0.5, 0.6) is 0 Å². The Labute approximate surface area is 118 Å². The van der Waals surface area contributed by atoms with Gasteiger partial charge in [0, 0.05) is 17.3 Å². The lowest BCUT2D eigenvalue weighted by molar-refractivity contribution is -0.00506. The number of hydrogen-bond acceptors (Lipinski definition) is 1. The summed E-state index contributed by atoms with van der Waals surface area (Å²) in [6.07, 6.45) is 4.06. The van der Waals surface area contributed by atoms with E-state index in [1.165, 1.54) is 30.5 Å². The Balaban J connectivity index is 2.10. The second-order valence-electron chi connectivity index (χ2n) is 7.44. The summed E-state index contributed by atoms with van der Waals surface area (Å²) in [5.41, 5.74) is 3.69. The zero-order valence-electron chi connectivity index (χ0n) is 13.0. The van der Waals surface area contributed by atoms with Crippen LogP contribution in [0.1, 0.15) is 52.5 Å². The highest BCUT2D eigenvalue weighted by Gasteiger charge is 2.56. The van der Waals surface area contributed by atoms with Crippen LogP contribution < -0.4 is 4.90 Å². The molecule has 4 atom stereocenters. The molecule has 2 bridgehead atoms. The van der Waals surface area contributed by atoms with Crippen molar-refractivity contribution < 1.29 is 0 Å². The first-order chi connectivity index (χ1) is 8.88. The maximum atomic E-state index is 2.74. The topological polar surface area (TPSA) is 3.24 Å². The Morgan fingerprint density at radius 2 is 1.79 bits per heavy atom. The van der Waals surface area contributed by atoms with E-state index in [0.717, 1.165) is 5.92 Å². The van der Waals surface area contributed by atoms with Crippen LogP contribution in [-0.4, -0.2) is 11.6 Å². The van der Waals surface area contributed by atoms with Crippen molar-refractivity contribution in [1.29, 1.82) is 0 Å². The first-order valence-electron chi connectivity index (χ1n) is 7.73. The Morgan fingerprint density at radius 3 is 2.42 bits per heavy atom. The molecule has 2 aliphatic heterocycles. The van der Waals surface area contributed by atoms with Gasteiger partial charge in [0.1, 0.15) is 0 Å². The van der Waals surface area contributed by atoms with Crippen LogP contribution in [0.3, 0.4) is 0 Å². The molecule has 2 heterocycles. The number of benzene rings is 1. The number of nitrogens with zero attached hydrogens (tertiary/aromatic N) is 1. The summed E-state index contributed by atoms with van der Waals surface area (Å²) >= 11 is 0. The molecule has 1 heteroatoms. The van der Waals surface area contributed by atoms with E-state index in [4.69, 9.17) is 0 Å². The van der Waals surface area contributed by atoms with Crippen molar-refractivity contribution in [1.82, 2.24) is 0 Å². The number of piperidine rings is 2. The average Bonchev–Trinajstić information content (AvgIpc) is 2.35. The lowest BCUT2D eigenvalue weighted by atomic mass is 9.54. The predicted molar refractivity (Wildman–Crippen MR) is 82.6 cm³/mol. The predicted octanol–water partition coefficient (Wildman–Crippen LogP) is 4.79. The third-order valence-corrected chi connectivity index (χ3v) is 6.37. The Morgan fingerprint density at radius 1 is 1.11 bits per heavy atom. The van der Waals surface area contributed by atoms with Crippen molar-refractivity contribution in [2.45, 2.75) is 65.5 Å². The van der Waals surface area contributed by atoms with Crippen LogP contribution in [0, 0.1) is 18.3 Å². The van der Waals surface area contributed by atoms with Crippen LogP contribution in [0.15, 0.2) is 24.3 Å². The van der Waals surface area contributed by atoms with Crippen molar-refractivity contribution in [2.24, 2.45) is 11.3 Å². The van der Waals surface area contributed by atoms with Gasteiger partial charge in [0.25, 0.3) is 0 Å².